The molecule has 0 spiro atoms. The van der Waals surface area contributed by atoms with Crippen molar-refractivity contribution < 1.29 is 26.2 Å². The molecule has 0 atom stereocenters. The van der Waals surface area contributed by atoms with Crippen LogP contribution in [0.1, 0.15) is 0 Å². The summed E-state index contributed by atoms with van der Waals surface area (Å²) in [5, 5.41) is 2.66. The molecule has 0 bridgehead atoms. The smallest absolute Gasteiger partial charge is 0.358 e. The largest absolute Gasteiger partial charge is 2.00 e. The molecule has 0 unspecified atom stereocenters. The normalized spacial score (nSPS) is 8.36. The Morgan fingerprint density at radius 2 is 1.73 bits per heavy atom. The van der Waals surface area contributed by atoms with Crippen molar-refractivity contribution in [3.63, 3.8) is 0 Å². The maximum atomic E-state index is 2.12. The second-order valence-electron chi connectivity index (χ2n) is 2.15. The summed E-state index contributed by atoms with van der Waals surface area (Å²) in [5.74, 6) is 0. The Labute approximate surface area is 86.7 Å². The minimum atomic E-state index is 0. The molecule has 0 saturated carbocycles. The molecule has 54 valence electrons. The molecule has 0 nitrogen and oxygen atoms in total. The molecule has 2 aromatic carbocycles. The monoisotopic (exact) mass is 220 g/mol. The first-order chi connectivity index (χ1) is 4.47. The zero-order valence-corrected chi connectivity index (χ0v) is 9.00. The second-order valence-corrected chi connectivity index (χ2v) is 2.15. The summed E-state index contributed by atoms with van der Waals surface area (Å²) in [5.41, 5.74) is 0. The van der Waals surface area contributed by atoms with Crippen LogP contribution in [-0.4, -0.2) is 0 Å². The van der Waals surface area contributed by atoms with Crippen LogP contribution in [0.25, 0.3) is 10.8 Å². The predicted octanol–water partition coefficient (Wildman–Crippen LogP) is 3.01. The van der Waals surface area contributed by atoms with E-state index in [0.29, 0.717) is 0 Å². The molecule has 0 aromatic heterocycles. The maximum Gasteiger partial charge on any atom is 2.00 e. The molecule has 1 heteroatoms. The van der Waals surface area contributed by atoms with Crippen molar-refractivity contribution >= 4 is 10.8 Å². The minimum absolute atomic E-state index is 0. The minimum Gasteiger partial charge on any atom is -0.358 e. The predicted molar refractivity (Wildman–Crippen MR) is 46.0 cm³/mol. The molecular formula is C10H10Zr. The summed E-state index contributed by atoms with van der Waals surface area (Å²) < 4.78 is 0. The van der Waals surface area contributed by atoms with E-state index in [2.05, 4.69) is 42.5 Å². The molecule has 2 aromatic rings. The Morgan fingerprint density at radius 3 is 2.45 bits per heavy atom. The number of hydrogen-bond donors (Lipinski definition) is 0. The van der Waals surface area contributed by atoms with Gasteiger partial charge in [0.25, 0.3) is 0 Å². The SMILES string of the molecule is [CH3-].[Zr+2].c1ccc2[cH-]ccc2c1. The van der Waals surface area contributed by atoms with Crippen molar-refractivity contribution in [2.24, 2.45) is 0 Å². The fourth-order valence-electron chi connectivity index (χ4n) is 1.07. The van der Waals surface area contributed by atoms with Gasteiger partial charge < -0.3 is 7.43 Å². The molecule has 0 saturated heterocycles. The average molecular weight is 221 g/mol. The van der Waals surface area contributed by atoms with Gasteiger partial charge in [0.2, 0.25) is 0 Å². The molecule has 0 aliphatic rings. The van der Waals surface area contributed by atoms with E-state index in [-0.39, 0.29) is 33.6 Å². The van der Waals surface area contributed by atoms with Crippen molar-refractivity contribution in [3.8, 4) is 0 Å². The summed E-state index contributed by atoms with van der Waals surface area (Å²) in [7, 11) is 0. The second kappa shape index (κ2) is 4.56. The standard InChI is InChI=1S/C9H7.CH3.Zr/c1-2-5-9-7-3-6-8(9)4-1;;/h1-7H;1H3;/q2*-1;+2. The Morgan fingerprint density at radius 1 is 1.00 bits per heavy atom. The fraction of sp³-hybridized carbons (Fsp3) is 0. The van der Waals surface area contributed by atoms with Crippen LogP contribution in [-0.2, 0) is 26.2 Å². The van der Waals surface area contributed by atoms with Crippen LogP contribution >= 0.6 is 0 Å². The van der Waals surface area contributed by atoms with Gasteiger partial charge in [-0.25, -0.2) is 0 Å². The van der Waals surface area contributed by atoms with Gasteiger partial charge in [0, 0.05) is 0 Å². The van der Waals surface area contributed by atoms with Gasteiger partial charge >= 0.3 is 26.2 Å². The number of fused-ring (bicyclic) bond motifs is 1. The average Bonchev–Trinajstić information content (AvgIpc) is 2.33. The van der Waals surface area contributed by atoms with Crippen LogP contribution in [0.4, 0.5) is 0 Å². The molecule has 0 N–H and O–H groups in total. The van der Waals surface area contributed by atoms with E-state index in [1.54, 1.807) is 0 Å². The summed E-state index contributed by atoms with van der Waals surface area (Å²) in [6.45, 7) is 0. The van der Waals surface area contributed by atoms with Gasteiger partial charge in [0.15, 0.2) is 0 Å². The summed E-state index contributed by atoms with van der Waals surface area (Å²) in [6, 6.07) is 14.7. The molecular weight excluding hydrogens is 211 g/mol. The van der Waals surface area contributed by atoms with Crippen LogP contribution in [0.3, 0.4) is 0 Å². The van der Waals surface area contributed by atoms with E-state index in [4.69, 9.17) is 0 Å². The van der Waals surface area contributed by atoms with E-state index in [0.717, 1.165) is 0 Å². The molecule has 0 aliphatic heterocycles. The zero-order chi connectivity index (χ0) is 6.10. The fourth-order valence-corrected chi connectivity index (χ4v) is 1.07. The van der Waals surface area contributed by atoms with Crippen molar-refractivity contribution in [1.82, 2.24) is 0 Å². The third-order valence-electron chi connectivity index (χ3n) is 1.55. The molecule has 2 rings (SSSR count). The van der Waals surface area contributed by atoms with E-state index in [1.807, 2.05) is 0 Å². The molecule has 0 amide bonds. The molecule has 0 aliphatic carbocycles. The van der Waals surface area contributed by atoms with Crippen LogP contribution in [0, 0.1) is 7.43 Å². The van der Waals surface area contributed by atoms with E-state index >= 15 is 0 Å². The van der Waals surface area contributed by atoms with Crippen LogP contribution in [0.2, 0.25) is 0 Å². The van der Waals surface area contributed by atoms with Gasteiger partial charge in [-0.2, -0.15) is 17.5 Å². The van der Waals surface area contributed by atoms with Crippen LogP contribution in [0.15, 0.2) is 42.5 Å². The number of benzene rings is 1. The van der Waals surface area contributed by atoms with Gasteiger partial charge in [0.1, 0.15) is 0 Å². The van der Waals surface area contributed by atoms with Gasteiger partial charge in [-0.3, -0.25) is 0 Å². The van der Waals surface area contributed by atoms with Gasteiger partial charge in [-0.05, 0) is 0 Å². The summed E-state index contributed by atoms with van der Waals surface area (Å²) in [6.07, 6.45) is 0. The van der Waals surface area contributed by atoms with E-state index < -0.39 is 0 Å². The van der Waals surface area contributed by atoms with Gasteiger partial charge in [0.05, 0.1) is 0 Å². The molecule has 0 radical (unpaired) electrons. The topological polar surface area (TPSA) is 0 Å². The summed E-state index contributed by atoms with van der Waals surface area (Å²) >= 11 is 0. The number of rotatable bonds is 0. The Hall–Kier alpha value is -0.287. The Kier molecular flexibility index (Phi) is 4.44. The summed E-state index contributed by atoms with van der Waals surface area (Å²) in [4.78, 5) is 0. The van der Waals surface area contributed by atoms with E-state index in [1.165, 1.54) is 10.8 Å². The number of hydrogen-bond acceptors (Lipinski definition) is 0. The Balaban J connectivity index is 0.000000500. The third-order valence-corrected chi connectivity index (χ3v) is 1.55. The maximum absolute atomic E-state index is 2.12. The van der Waals surface area contributed by atoms with E-state index in [9.17, 15) is 0 Å². The van der Waals surface area contributed by atoms with Gasteiger partial charge in [-0.1, -0.05) is 6.07 Å². The molecule has 11 heavy (non-hydrogen) atoms. The Bertz CT molecular complexity index is 279. The quantitative estimate of drug-likeness (QED) is 0.600. The first-order valence-electron chi connectivity index (χ1n) is 3.07. The first-order valence-corrected chi connectivity index (χ1v) is 3.07. The van der Waals surface area contributed by atoms with Crippen molar-refractivity contribution in [2.75, 3.05) is 0 Å². The van der Waals surface area contributed by atoms with Gasteiger partial charge in [-0.15, -0.1) is 29.7 Å². The van der Waals surface area contributed by atoms with Crippen molar-refractivity contribution in [2.45, 2.75) is 0 Å². The van der Waals surface area contributed by atoms with Crippen LogP contribution in [0.5, 0.6) is 0 Å². The third kappa shape index (κ3) is 2.07. The van der Waals surface area contributed by atoms with Crippen molar-refractivity contribution in [1.29, 1.82) is 0 Å². The molecule has 0 fully saturated rings. The molecule has 0 heterocycles. The van der Waals surface area contributed by atoms with Crippen molar-refractivity contribution in [3.05, 3.63) is 49.9 Å². The first kappa shape index (κ1) is 10.7. The zero-order valence-electron chi connectivity index (χ0n) is 6.54. The van der Waals surface area contributed by atoms with Crippen LogP contribution < -0.4 is 0 Å².